The summed E-state index contributed by atoms with van der Waals surface area (Å²) in [6, 6.07) is 13.1. The minimum atomic E-state index is -0.917. The predicted molar refractivity (Wildman–Crippen MR) is 132 cm³/mol. The zero-order chi connectivity index (χ0) is 24.2. The van der Waals surface area contributed by atoms with Gasteiger partial charge in [0.05, 0.1) is 17.6 Å². The summed E-state index contributed by atoms with van der Waals surface area (Å²) in [5, 5.41) is 6.66. The molecule has 9 heteroatoms. The van der Waals surface area contributed by atoms with Crippen molar-refractivity contribution in [2.75, 3.05) is 17.7 Å². The summed E-state index contributed by atoms with van der Waals surface area (Å²) in [6.07, 6.45) is 2.50. The highest BCUT2D eigenvalue weighted by Gasteiger charge is 2.55. The molecule has 3 N–H and O–H groups in total. The van der Waals surface area contributed by atoms with E-state index in [0.717, 1.165) is 21.7 Å². The Morgan fingerprint density at radius 2 is 2.00 bits per heavy atom. The van der Waals surface area contributed by atoms with Crippen molar-refractivity contribution in [3.63, 3.8) is 0 Å². The van der Waals surface area contributed by atoms with E-state index in [2.05, 4.69) is 10.3 Å². The maximum absolute atomic E-state index is 13.5. The minimum Gasteiger partial charge on any atom is -0.384 e. The van der Waals surface area contributed by atoms with Crippen LogP contribution in [0.1, 0.15) is 30.5 Å². The summed E-state index contributed by atoms with van der Waals surface area (Å²) in [4.78, 5) is 46.5. The zero-order valence-electron chi connectivity index (χ0n) is 19.0. The summed E-state index contributed by atoms with van der Waals surface area (Å²) < 4.78 is 0. The van der Waals surface area contributed by atoms with E-state index in [-0.39, 0.29) is 17.9 Å². The Hall–Kier alpha value is -3.72. The highest BCUT2D eigenvalue weighted by atomic mass is 32.1. The molecule has 0 radical (unpaired) electrons. The van der Waals surface area contributed by atoms with Crippen molar-refractivity contribution in [3.8, 4) is 0 Å². The number of hydrogen-bond acceptors (Lipinski definition) is 6. The Labute approximate surface area is 202 Å². The summed E-state index contributed by atoms with van der Waals surface area (Å²) >= 11 is 1.47. The number of thiophene rings is 1. The molecule has 4 rings (SSSR count). The van der Waals surface area contributed by atoms with Gasteiger partial charge in [-0.15, -0.1) is 0 Å². The third-order valence-electron chi connectivity index (χ3n) is 6.12. The molecule has 34 heavy (non-hydrogen) atoms. The number of β-lactam (4-membered cyclic amide) rings is 1. The van der Waals surface area contributed by atoms with Gasteiger partial charge in [0.1, 0.15) is 11.9 Å². The van der Waals surface area contributed by atoms with Crippen molar-refractivity contribution in [3.05, 3.63) is 76.6 Å². The van der Waals surface area contributed by atoms with E-state index in [4.69, 9.17) is 5.73 Å². The molecule has 1 aliphatic rings. The van der Waals surface area contributed by atoms with Crippen LogP contribution in [0.15, 0.2) is 65.5 Å². The maximum Gasteiger partial charge on any atom is 0.325 e. The third kappa shape index (κ3) is 4.65. The minimum absolute atomic E-state index is 0.272. The Bertz CT molecular complexity index is 1170. The molecule has 3 aromatic rings. The van der Waals surface area contributed by atoms with Crippen LogP contribution in [0.2, 0.25) is 0 Å². The van der Waals surface area contributed by atoms with E-state index in [0.29, 0.717) is 18.7 Å². The first-order valence-electron chi connectivity index (χ1n) is 11.1. The molecule has 1 aromatic carbocycles. The molecule has 3 atom stereocenters. The number of nitrogens with two attached hydrogens (primary N) is 1. The molecule has 176 valence electrons. The molecule has 1 fully saturated rings. The molecular formula is C25H27N5O3S. The van der Waals surface area contributed by atoms with E-state index in [1.54, 1.807) is 25.4 Å². The number of anilines is 2. The molecule has 0 saturated carbocycles. The molecule has 3 heterocycles. The summed E-state index contributed by atoms with van der Waals surface area (Å²) in [5.41, 5.74) is 8.24. The van der Waals surface area contributed by atoms with Gasteiger partial charge >= 0.3 is 6.03 Å². The second-order valence-corrected chi connectivity index (χ2v) is 9.03. The number of rotatable bonds is 7. The highest BCUT2D eigenvalue weighted by Crippen LogP contribution is 2.33. The van der Waals surface area contributed by atoms with Crippen LogP contribution < -0.4 is 16.0 Å². The number of pyridine rings is 1. The van der Waals surface area contributed by atoms with Crippen LogP contribution in [0.5, 0.6) is 0 Å². The number of amides is 4. The zero-order valence-corrected chi connectivity index (χ0v) is 19.9. The van der Waals surface area contributed by atoms with Gasteiger partial charge < -0.3 is 16.0 Å². The number of carbonyl (C=O) groups excluding carboxylic acids is 3. The fourth-order valence-electron chi connectivity index (χ4n) is 4.23. The second kappa shape index (κ2) is 10.0. The standard InChI is InChI=1S/C25H27N5O3S/c1-3-20(17-7-5-4-6-8-17)28-25(33)30-22(24(32)29(2)18-10-12-34-15-18)19(23(30)31)13-16-9-11-27-21(26)14-16/h4-12,14-15,19-20,22H,3,13H2,1-2H3,(H2,26,27)(H,28,33)/t19-,20-,22+/m1/s1. The van der Waals surface area contributed by atoms with Gasteiger partial charge in [0, 0.05) is 18.6 Å². The van der Waals surface area contributed by atoms with Crippen LogP contribution >= 0.6 is 11.3 Å². The van der Waals surface area contributed by atoms with Crippen LogP contribution in [-0.4, -0.2) is 40.8 Å². The van der Waals surface area contributed by atoms with Crippen LogP contribution in [0.25, 0.3) is 0 Å². The number of benzene rings is 1. The van der Waals surface area contributed by atoms with Gasteiger partial charge in [-0.2, -0.15) is 11.3 Å². The normalized spacial score (nSPS) is 18.2. The van der Waals surface area contributed by atoms with Gasteiger partial charge in [0.2, 0.25) is 5.91 Å². The molecule has 2 aromatic heterocycles. The fourth-order valence-corrected chi connectivity index (χ4v) is 4.90. The van der Waals surface area contributed by atoms with E-state index in [9.17, 15) is 14.4 Å². The fraction of sp³-hybridized carbons (Fsp3) is 0.280. The van der Waals surface area contributed by atoms with Gasteiger partial charge in [0.25, 0.3) is 5.91 Å². The van der Waals surface area contributed by atoms with Crippen LogP contribution in [-0.2, 0) is 16.0 Å². The third-order valence-corrected chi connectivity index (χ3v) is 6.79. The van der Waals surface area contributed by atoms with E-state index in [1.807, 2.05) is 54.1 Å². The number of imide groups is 1. The summed E-state index contributed by atoms with van der Waals surface area (Å²) in [5.74, 6) is -1.02. The number of hydrogen-bond donors (Lipinski definition) is 2. The number of carbonyl (C=O) groups is 3. The molecule has 0 aliphatic carbocycles. The number of urea groups is 1. The number of nitrogens with zero attached hydrogens (tertiary/aromatic N) is 3. The Morgan fingerprint density at radius 1 is 1.24 bits per heavy atom. The number of aromatic nitrogens is 1. The monoisotopic (exact) mass is 477 g/mol. The Kier molecular flexibility index (Phi) is 6.93. The lowest BCUT2D eigenvalue weighted by Gasteiger charge is -2.46. The lowest BCUT2D eigenvalue weighted by atomic mass is 9.81. The quantitative estimate of drug-likeness (QED) is 0.505. The van der Waals surface area contributed by atoms with Crippen LogP contribution in [0.3, 0.4) is 0 Å². The lowest BCUT2D eigenvalue weighted by Crippen LogP contribution is -2.70. The number of likely N-dealkylation sites (N-methyl/N-ethyl adjacent to an activating group) is 1. The average molecular weight is 478 g/mol. The van der Waals surface area contributed by atoms with Crippen molar-refractivity contribution >= 4 is 40.7 Å². The largest absolute Gasteiger partial charge is 0.384 e. The van der Waals surface area contributed by atoms with Gasteiger partial charge in [0.15, 0.2) is 0 Å². The smallest absolute Gasteiger partial charge is 0.325 e. The van der Waals surface area contributed by atoms with Crippen molar-refractivity contribution in [1.82, 2.24) is 15.2 Å². The van der Waals surface area contributed by atoms with Crippen LogP contribution in [0.4, 0.5) is 16.3 Å². The first kappa shape index (κ1) is 23.4. The predicted octanol–water partition coefficient (Wildman–Crippen LogP) is 3.62. The number of nitrogens with one attached hydrogen (secondary N) is 1. The molecule has 1 aliphatic heterocycles. The lowest BCUT2D eigenvalue weighted by molar-refractivity contribution is -0.156. The van der Waals surface area contributed by atoms with Crippen molar-refractivity contribution in [2.45, 2.75) is 31.8 Å². The second-order valence-electron chi connectivity index (χ2n) is 8.25. The molecule has 8 nitrogen and oxygen atoms in total. The van der Waals surface area contributed by atoms with Gasteiger partial charge in [-0.25, -0.2) is 9.78 Å². The van der Waals surface area contributed by atoms with Crippen molar-refractivity contribution in [1.29, 1.82) is 0 Å². The molecule has 0 bridgehead atoms. The Balaban J connectivity index is 1.58. The van der Waals surface area contributed by atoms with Crippen molar-refractivity contribution < 1.29 is 14.4 Å². The van der Waals surface area contributed by atoms with Gasteiger partial charge in [-0.05, 0) is 47.5 Å². The maximum atomic E-state index is 13.5. The number of nitrogen functional groups attached to an aromatic ring is 1. The first-order valence-corrected chi connectivity index (χ1v) is 12.0. The molecular weight excluding hydrogens is 450 g/mol. The average Bonchev–Trinajstić information content (AvgIpc) is 3.39. The first-order chi connectivity index (χ1) is 16.4. The number of likely N-dealkylation sites (tertiary alicyclic amines) is 1. The van der Waals surface area contributed by atoms with Crippen molar-refractivity contribution in [2.24, 2.45) is 5.92 Å². The van der Waals surface area contributed by atoms with E-state index in [1.165, 1.54) is 16.2 Å². The highest BCUT2D eigenvalue weighted by molar-refractivity contribution is 7.08. The molecule has 1 saturated heterocycles. The molecule has 0 unspecified atom stereocenters. The Morgan fingerprint density at radius 3 is 2.65 bits per heavy atom. The van der Waals surface area contributed by atoms with Crippen LogP contribution in [0, 0.1) is 5.92 Å². The topological polar surface area (TPSA) is 109 Å². The van der Waals surface area contributed by atoms with E-state index < -0.39 is 18.0 Å². The van der Waals surface area contributed by atoms with E-state index >= 15 is 0 Å². The van der Waals surface area contributed by atoms with Gasteiger partial charge in [-0.1, -0.05) is 37.3 Å². The summed E-state index contributed by atoms with van der Waals surface area (Å²) in [6.45, 7) is 1.96. The SMILES string of the molecule is CC[C@@H](NC(=O)N1C(=O)[C@H](Cc2ccnc(N)c2)[C@H]1C(=O)N(C)c1ccsc1)c1ccccc1. The summed E-state index contributed by atoms with van der Waals surface area (Å²) in [7, 11) is 1.66. The molecule has 4 amide bonds. The van der Waals surface area contributed by atoms with Gasteiger partial charge in [-0.3, -0.25) is 14.5 Å². The molecule has 0 spiro atoms.